The number of nitrogens with zero attached hydrogens (tertiary/aromatic N) is 2. The molecule has 19 N–H and O–H groups in total. The highest BCUT2D eigenvalue weighted by Crippen LogP contribution is 2.26. The van der Waals surface area contributed by atoms with E-state index in [0.717, 1.165) is 21.6 Å². The molecule has 11 amide bonds. The molecule has 8 atom stereocenters. The van der Waals surface area contributed by atoms with Crippen molar-refractivity contribution in [3.8, 4) is 0 Å². The van der Waals surface area contributed by atoms with Crippen LogP contribution in [0.15, 0.2) is 59.6 Å². The van der Waals surface area contributed by atoms with Crippen LogP contribution in [0.3, 0.4) is 0 Å². The maximum atomic E-state index is 14.6. The number of hydrogen-bond acceptors (Lipinski definition) is 15. The van der Waals surface area contributed by atoms with Gasteiger partial charge in [0.15, 0.2) is 5.96 Å². The minimum Gasteiger partial charge on any atom is -0.370 e. The molecule has 4 rings (SSSR count). The molecular formula is C46H64ClN15O11S2. The second kappa shape index (κ2) is 30.3. The van der Waals surface area contributed by atoms with E-state index in [1.54, 1.807) is 54.6 Å². The van der Waals surface area contributed by atoms with Crippen LogP contribution in [0, 0.1) is 0 Å². The van der Waals surface area contributed by atoms with Crippen molar-refractivity contribution in [3.63, 3.8) is 0 Å². The number of benzene rings is 2. The number of halogens is 1. The molecule has 0 radical (unpaired) electrons. The first-order valence-electron chi connectivity index (χ1n) is 23.7. The number of aliphatic imine (C=N–C) groups is 1. The van der Waals surface area contributed by atoms with E-state index in [4.69, 9.17) is 46.0 Å². The van der Waals surface area contributed by atoms with Crippen molar-refractivity contribution in [2.24, 2.45) is 39.4 Å². The Hall–Kier alpha value is -7.17. The van der Waals surface area contributed by atoms with E-state index in [0.29, 0.717) is 22.6 Å². The van der Waals surface area contributed by atoms with Crippen LogP contribution in [0.25, 0.3) is 0 Å². The SMILES string of the molecule is NC(=O)CC[C@@H]1NC(=O)[C@H](Cc2ccccc2)NC(=O)[C@H](Cc2ccc(Cl)cc2)NC(=O)[C@@H](N)CSSC[C@@H](C(=O)N2CCC[C@H]2C(=O)N[C@@H](CCCN=C(N)N)C(=O)NCC(N)=O)NC(=O)[C@H](CC(N)=O)NC1=O. The quantitative estimate of drug-likeness (QED) is 0.0273. The molecule has 2 aromatic rings. The standard InChI is InChI=1S/C46H64ClN15O11S2/c47-26-12-10-25(11-13-26)19-30-42(70)59-31(18-24-6-2-1-3-7-24)41(69)56-29(14-15-35(49)63)40(68)60-32(20-36(50)64)43(71)61-33(23-75-74-22-27(48)38(66)58-30)45(73)62-17-5-9-34(62)44(72)57-28(8-4-16-54-46(52)53)39(67)55-21-37(51)65/h1-3,6-7,10-13,27-34H,4-5,8-9,14-23,48H2,(H2,49,63)(H2,50,64)(H2,51,65)(H,55,67)(H,56,69)(H,57,72)(H,58,66)(H,59,70)(H,60,68)(H,61,71)(H4,52,53,54)/t27-,28-,29-,30-,31-,32-,33-,34-/m0/s1. The van der Waals surface area contributed by atoms with Crippen molar-refractivity contribution >= 4 is 104 Å². The number of rotatable bonds is 19. The third-order valence-electron chi connectivity index (χ3n) is 11.6. The summed E-state index contributed by atoms with van der Waals surface area (Å²) in [5.74, 6) is -10.3. The predicted octanol–water partition coefficient (Wildman–Crippen LogP) is -4.46. The normalized spacial score (nSPS) is 22.6. The Morgan fingerprint density at radius 2 is 1.28 bits per heavy atom. The molecule has 26 nitrogen and oxygen atoms in total. The number of guanidine groups is 1. The van der Waals surface area contributed by atoms with Crippen molar-refractivity contribution in [1.29, 1.82) is 0 Å². The lowest BCUT2D eigenvalue weighted by atomic mass is 10.0. The first kappa shape index (κ1) is 60.4. The molecular weight excluding hydrogens is 1040 g/mol. The number of carbonyl (C=O) groups is 11. The van der Waals surface area contributed by atoms with Crippen molar-refractivity contribution in [3.05, 3.63) is 70.7 Å². The molecule has 0 saturated carbocycles. The minimum absolute atomic E-state index is 0.00496. The summed E-state index contributed by atoms with van der Waals surface area (Å²) >= 11 is 6.12. The van der Waals surface area contributed by atoms with Gasteiger partial charge in [-0.15, -0.1) is 0 Å². The lowest BCUT2D eigenvalue weighted by Crippen LogP contribution is -2.61. The topological polar surface area (TPSA) is 444 Å². The number of carbonyl (C=O) groups excluding carboxylic acids is 11. The van der Waals surface area contributed by atoms with Crippen molar-refractivity contribution < 1.29 is 52.7 Å². The summed E-state index contributed by atoms with van der Waals surface area (Å²) < 4.78 is 0. The summed E-state index contributed by atoms with van der Waals surface area (Å²) in [6.07, 6.45) is -1.27. The highest BCUT2D eigenvalue weighted by Gasteiger charge is 2.40. The lowest BCUT2D eigenvalue weighted by molar-refractivity contribution is -0.142. The van der Waals surface area contributed by atoms with Gasteiger partial charge in [0.25, 0.3) is 0 Å². The lowest BCUT2D eigenvalue weighted by Gasteiger charge is -2.31. The fraction of sp³-hybridized carbons (Fsp3) is 0.478. The average Bonchev–Trinajstić information content (AvgIpc) is 3.86. The van der Waals surface area contributed by atoms with Gasteiger partial charge in [-0.1, -0.05) is 75.7 Å². The molecule has 29 heteroatoms. The molecule has 2 aliphatic rings. The van der Waals surface area contributed by atoms with Crippen LogP contribution in [0.4, 0.5) is 0 Å². The summed E-state index contributed by atoms with van der Waals surface area (Å²) in [6.45, 7) is -0.430. The van der Waals surface area contributed by atoms with E-state index < -0.39 is 139 Å². The average molecular weight is 1100 g/mol. The molecule has 0 unspecified atom stereocenters. The van der Waals surface area contributed by atoms with Crippen molar-refractivity contribution in [1.82, 2.24) is 42.1 Å². The maximum absolute atomic E-state index is 14.6. The van der Waals surface area contributed by atoms with Crippen LogP contribution in [0.5, 0.6) is 0 Å². The van der Waals surface area contributed by atoms with Gasteiger partial charge in [0.1, 0.15) is 42.3 Å². The molecule has 2 aromatic carbocycles. The minimum atomic E-state index is -1.79. The van der Waals surface area contributed by atoms with Gasteiger partial charge >= 0.3 is 0 Å². The van der Waals surface area contributed by atoms with Gasteiger partial charge in [-0.25, -0.2) is 0 Å². The maximum Gasteiger partial charge on any atom is 0.246 e. The largest absolute Gasteiger partial charge is 0.370 e. The van der Waals surface area contributed by atoms with E-state index >= 15 is 0 Å². The molecule has 2 saturated heterocycles. The zero-order valence-corrected chi connectivity index (χ0v) is 43.1. The second-order valence-corrected chi connectivity index (χ2v) is 20.5. The number of amides is 11. The zero-order chi connectivity index (χ0) is 55.2. The summed E-state index contributed by atoms with van der Waals surface area (Å²) in [5, 5.41) is 18.2. The van der Waals surface area contributed by atoms with E-state index in [-0.39, 0.29) is 62.7 Å². The number of nitrogens with one attached hydrogen (secondary N) is 7. The van der Waals surface area contributed by atoms with E-state index in [2.05, 4.69) is 42.2 Å². The predicted molar refractivity (Wildman–Crippen MR) is 279 cm³/mol. The van der Waals surface area contributed by atoms with Gasteiger partial charge in [-0.2, -0.15) is 0 Å². The fourth-order valence-electron chi connectivity index (χ4n) is 7.79. The van der Waals surface area contributed by atoms with Crippen LogP contribution in [-0.4, -0.2) is 155 Å². The highest BCUT2D eigenvalue weighted by molar-refractivity contribution is 8.76. The number of nitrogens with two attached hydrogens (primary N) is 6. The smallest absolute Gasteiger partial charge is 0.246 e. The third kappa shape index (κ3) is 20.6. The monoisotopic (exact) mass is 1100 g/mol. The van der Waals surface area contributed by atoms with Crippen LogP contribution in [-0.2, 0) is 65.6 Å². The van der Waals surface area contributed by atoms with E-state index in [9.17, 15) is 52.7 Å². The molecule has 0 bridgehead atoms. The zero-order valence-electron chi connectivity index (χ0n) is 40.8. The molecule has 2 heterocycles. The molecule has 0 aliphatic carbocycles. The number of hydrogen-bond donors (Lipinski definition) is 13. The Morgan fingerprint density at radius 3 is 1.89 bits per heavy atom. The van der Waals surface area contributed by atoms with Crippen LogP contribution < -0.4 is 71.6 Å². The summed E-state index contributed by atoms with van der Waals surface area (Å²) in [5.41, 5.74) is 34.5. The Labute approximate surface area is 444 Å². The van der Waals surface area contributed by atoms with Gasteiger partial charge in [0.05, 0.1) is 19.0 Å². The molecule has 75 heavy (non-hydrogen) atoms. The van der Waals surface area contributed by atoms with Crippen LogP contribution >= 0.6 is 33.2 Å². The Morgan fingerprint density at radius 1 is 0.707 bits per heavy atom. The molecule has 0 aromatic heterocycles. The third-order valence-corrected chi connectivity index (χ3v) is 14.3. The van der Waals surface area contributed by atoms with Gasteiger partial charge in [0.2, 0.25) is 65.0 Å². The highest BCUT2D eigenvalue weighted by atomic mass is 35.5. The Kier molecular flexibility index (Phi) is 24.4. The van der Waals surface area contributed by atoms with Gasteiger partial charge in [-0.3, -0.25) is 57.7 Å². The van der Waals surface area contributed by atoms with E-state index in [1.807, 2.05) is 0 Å². The van der Waals surface area contributed by atoms with Crippen LogP contribution in [0.1, 0.15) is 56.1 Å². The Bertz CT molecular complexity index is 2420. The summed E-state index contributed by atoms with van der Waals surface area (Å²) in [4.78, 5) is 153. The first-order valence-corrected chi connectivity index (χ1v) is 26.6. The van der Waals surface area contributed by atoms with E-state index in [1.165, 1.54) is 4.90 Å². The van der Waals surface area contributed by atoms with Crippen molar-refractivity contribution in [2.45, 2.75) is 106 Å². The summed E-state index contributed by atoms with van der Waals surface area (Å²) in [7, 11) is 2.02. The summed E-state index contributed by atoms with van der Waals surface area (Å²) in [6, 6.07) is 3.62. The van der Waals surface area contributed by atoms with Gasteiger partial charge in [0, 0.05) is 48.9 Å². The second-order valence-electron chi connectivity index (χ2n) is 17.6. The molecule has 408 valence electrons. The molecule has 2 aliphatic heterocycles. The van der Waals surface area contributed by atoms with Gasteiger partial charge < -0.3 is 76.5 Å². The van der Waals surface area contributed by atoms with Gasteiger partial charge in [-0.05, 0) is 55.4 Å². The molecule has 2 fully saturated rings. The Balaban J connectivity index is 1.71. The number of likely N-dealkylation sites (tertiary alicyclic amines) is 1. The first-order chi connectivity index (χ1) is 35.6. The van der Waals surface area contributed by atoms with Crippen LogP contribution in [0.2, 0.25) is 5.02 Å². The fourth-order valence-corrected chi connectivity index (χ4v) is 10.2. The number of primary amides is 3. The molecule has 0 spiro atoms. The van der Waals surface area contributed by atoms with Crippen molar-refractivity contribution in [2.75, 3.05) is 31.1 Å².